The molecule has 0 saturated heterocycles. The highest BCUT2D eigenvalue weighted by molar-refractivity contribution is 5.85. The number of nitrogens with one attached hydrogen (secondary N) is 1. The molecule has 1 aliphatic rings. The standard InChI is InChI=1S/C15H18N4O/c1-12(13-4-2-7-16-10-13)18-14(20)15(5-6-15)11-19-9-3-8-17-19/h2-4,7-10,12H,5-6,11H2,1H3,(H,18,20)/t12-/m1/s1. The third-order valence-corrected chi connectivity index (χ3v) is 3.89. The lowest BCUT2D eigenvalue weighted by Crippen LogP contribution is -2.36. The molecule has 0 radical (unpaired) electrons. The van der Waals surface area contributed by atoms with Gasteiger partial charge in [0.25, 0.3) is 0 Å². The Morgan fingerprint density at radius 3 is 2.90 bits per heavy atom. The van der Waals surface area contributed by atoms with Gasteiger partial charge in [-0.2, -0.15) is 5.10 Å². The van der Waals surface area contributed by atoms with E-state index in [4.69, 9.17) is 0 Å². The van der Waals surface area contributed by atoms with Gasteiger partial charge < -0.3 is 5.32 Å². The van der Waals surface area contributed by atoms with Crippen LogP contribution in [0, 0.1) is 5.41 Å². The number of aromatic nitrogens is 3. The van der Waals surface area contributed by atoms with Gasteiger partial charge in [-0.25, -0.2) is 0 Å². The monoisotopic (exact) mass is 270 g/mol. The van der Waals surface area contributed by atoms with Gasteiger partial charge >= 0.3 is 0 Å². The Labute approximate surface area is 118 Å². The number of rotatable bonds is 5. The van der Waals surface area contributed by atoms with Crippen LogP contribution < -0.4 is 5.32 Å². The third kappa shape index (κ3) is 2.57. The van der Waals surface area contributed by atoms with Crippen molar-refractivity contribution in [3.05, 3.63) is 48.5 Å². The van der Waals surface area contributed by atoms with Gasteiger partial charge in [-0.3, -0.25) is 14.5 Å². The van der Waals surface area contributed by atoms with E-state index in [1.807, 2.05) is 36.0 Å². The lowest BCUT2D eigenvalue weighted by Gasteiger charge is -2.19. The normalized spacial score (nSPS) is 17.4. The van der Waals surface area contributed by atoms with Gasteiger partial charge in [-0.15, -0.1) is 0 Å². The summed E-state index contributed by atoms with van der Waals surface area (Å²) in [6, 6.07) is 5.72. The van der Waals surface area contributed by atoms with Crippen molar-refractivity contribution in [1.29, 1.82) is 0 Å². The first-order valence-electron chi connectivity index (χ1n) is 6.88. The quantitative estimate of drug-likeness (QED) is 0.903. The van der Waals surface area contributed by atoms with Crippen LogP contribution in [0.2, 0.25) is 0 Å². The minimum Gasteiger partial charge on any atom is -0.349 e. The zero-order valence-electron chi connectivity index (χ0n) is 11.5. The molecular weight excluding hydrogens is 252 g/mol. The summed E-state index contributed by atoms with van der Waals surface area (Å²) >= 11 is 0. The fraction of sp³-hybridized carbons (Fsp3) is 0.400. The van der Waals surface area contributed by atoms with Crippen molar-refractivity contribution in [3.8, 4) is 0 Å². The van der Waals surface area contributed by atoms with E-state index < -0.39 is 0 Å². The smallest absolute Gasteiger partial charge is 0.228 e. The van der Waals surface area contributed by atoms with E-state index in [9.17, 15) is 4.79 Å². The Hall–Kier alpha value is -2.17. The molecule has 2 heterocycles. The van der Waals surface area contributed by atoms with Gasteiger partial charge in [-0.1, -0.05) is 6.07 Å². The fourth-order valence-electron chi connectivity index (χ4n) is 2.38. The molecule has 1 aliphatic carbocycles. The third-order valence-electron chi connectivity index (χ3n) is 3.89. The summed E-state index contributed by atoms with van der Waals surface area (Å²) in [6.45, 7) is 2.64. The molecule has 2 aromatic rings. The van der Waals surface area contributed by atoms with Crippen LogP contribution in [0.25, 0.3) is 0 Å². The van der Waals surface area contributed by atoms with E-state index in [1.54, 1.807) is 18.6 Å². The lowest BCUT2D eigenvalue weighted by atomic mass is 10.0. The van der Waals surface area contributed by atoms with Crippen molar-refractivity contribution in [2.75, 3.05) is 0 Å². The van der Waals surface area contributed by atoms with E-state index in [1.165, 1.54) is 0 Å². The summed E-state index contributed by atoms with van der Waals surface area (Å²) in [6.07, 6.45) is 9.03. The van der Waals surface area contributed by atoms with Crippen LogP contribution in [0.3, 0.4) is 0 Å². The second-order valence-electron chi connectivity index (χ2n) is 5.47. The average Bonchev–Trinajstić information content (AvgIpc) is 3.07. The Morgan fingerprint density at radius 1 is 1.45 bits per heavy atom. The number of hydrogen-bond acceptors (Lipinski definition) is 3. The van der Waals surface area contributed by atoms with Crippen LogP contribution in [0.5, 0.6) is 0 Å². The van der Waals surface area contributed by atoms with Gasteiger partial charge in [-0.05, 0) is 37.5 Å². The van der Waals surface area contributed by atoms with Crippen molar-refractivity contribution in [2.24, 2.45) is 5.41 Å². The van der Waals surface area contributed by atoms with Crippen molar-refractivity contribution >= 4 is 5.91 Å². The number of hydrogen-bond donors (Lipinski definition) is 1. The second-order valence-corrected chi connectivity index (χ2v) is 5.47. The molecule has 104 valence electrons. The first-order valence-corrected chi connectivity index (χ1v) is 6.88. The highest BCUT2D eigenvalue weighted by atomic mass is 16.2. The largest absolute Gasteiger partial charge is 0.349 e. The maximum atomic E-state index is 12.5. The van der Waals surface area contributed by atoms with Crippen molar-refractivity contribution in [2.45, 2.75) is 32.4 Å². The van der Waals surface area contributed by atoms with Gasteiger partial charge in [0.15, 0.2) is 0 Å². The summed E-state index contributed by atoms with van der Waals surface area (Å²) < 4.78 is 1.83. The maximum Gasteiger partial charge on any atom is 0.228 e. The molecule has 1 amide bonds. The second kappa shape index (κ2) is 5.07. The van der Waals surface area contributed by atoms with Gasteiger partial charge in [0.2, 0.25) is 5.91 Å². The van der Waals surface area contributed by atoms with Crippen LogP contribution >= 0.6 is 0 Å². The molecule has 1 saturated carbocycles. The predicted octanol–water partition coefficient (Wildman–Crippen LogP) is 1.94. The summed E-state index contributed by atoms with van der Waals surface area (Å²) in [4.78, 5) is 16.6. The maximum absolute atomic E-state index is 12.5. The SMILES string of the molecule is C[C@@H](NC(=O)C1(Cn2cccn2)CC1)c1cccnc1. The molecule has 0 bridgehead atoms. The zero-order valence-corrected chi connectivity index (χ0v) is 11.5. The van der Waals surface area contributed by atoms with Gasteiger partial charge in [0, 0.05) is 24.8 Å². The lowest BCUT2D eigenvalue weighted by molar-refractivity contribution is -0.127. The van der Waals surface area contributed by atoms with Crippen LogP contribution in [0.1, 0.15) is 31.4 Å². The summed E-state index contributed by atoms with van der Waals surface area (Å²) in [5.74, 6) is 0.115. The molecule has 1 fully saturated rings. The number of pyridine rings is 1. The number of carbonyl (C=O) groups is 1. The zero-order chi connectivity index (χ0) is 14.0. The molecule has 0 unspecified atom stereocenters. The summed E-state index contributed by atoms with van der Waals surface area (Å²) in [5, 5.41) is 7.28. The Morgan fingerprint density at radius 2 is 2.30 bits per heavy atom. The van der Waals surface area contributed by atoms with Crippen LogP contribution in [-0.4, -0.2) is 20.7 Å². The first kappa shape index (κ1) is 12.8. The highest BCUT2D eigenvalue weighted by Gasteiger charge is 2.50. The first-order chi connectivity index (χ1) is 9.70. The van der Waals surface area contributed by atoms with Crippen molar-refractivity contribution in [3.63, 3.8) is 0 Å². The topological polar surface area (TPSA) is 59.8 Å². The average molecular weight is 270 g/mol. The molecule has 0 aromatic carbocycles. The van der Waals surface area contributed by atoms with E-state index in [2.05, 4.69) is 15.4 Å². The molecule has 5 nitrogen and oxygen atoms in total. The summed E-state index contributed by atoms with van der Waals surface area (Å²) in [7, 11) is 0. The van der Waals surface area contributed by atoms with E-state index in [0.29, 0.717) is 6.54 Å². The molecule has 0 aliphatic heterocycles. The predicted molar refractivity (Wildman–Crippen MR) is 74.7 cm³/mol. The molecule has 0 spiro atoms. The summed E-state index contributed by atoms with van der Waals surface area (Å²) in [5.41, 5.74) is 0.749. The molecular formula is C15H18N4O. The van der Waals surface area contributed by atoms with Crippen molar-refractivity contribution < 1.29 is 4.79 Å². The minimum atomic E-state index is -0.275. The van der Waals surface area contributed by atoms with Crippen LogP contribution in [0.4, 0.5) is 0 Å². The Bertz CT molecular complexity index is 575. The van der Waals surface area contributed by atoms with Crippen LogP contribution in [0.15, 0.2) is 43.0 Å². The van der Waals surface area contributed by atoms with Gasteiger partial charge in [0.1, 0.15) is 0 Å². The van der Waals surface area contributed by atoms with Crippen LogP contribution in [-0.2, 0) is 11.3 Å². The van der Waals surface area contributed by atoms with E-state index >= 15 is 0 Å². The molecule has 20 heavy (non-hydrogen) atoms. The van der Waals surface area contributed by atoms with E-state index in [-0.39, 0.29) is 17.4 Å². The highest BCUT2D eigenvalue weighted by Crippen LogP contribution is 2.47. The Kier molecular flexibility index (Phi) is 3.26. The van der Waals surface area contributed by atoms with Crippen molar-refractivity contribution in [1.82, 2.24) is 20.1 Å². The molecule has 1 N–H and O–H groups in total. The van der Waals surface area contributed by atoms with E-state index in [0.717, 1.165) is 18.4 Å². The number of amides is 1. The number of carbonyl (C=O) groups excluding carboxylic acids is 1. The molecule has 3 rings (SSSR count). The molecule has 1 atom stereocenters. The van der Waals surface area contributed by atoms with Gasteiger partial charge in [0.05, 0.1) is 18.0 Å². The number of nitrogens with zero attached hydrogens (tertiary/aromatic N) is 3. The molecule has 5 heteroatoms. The minimum absolute atomic E-state index is 0.0219. The molecule has 2 aromatic heterocycles. The fourth-order valence-corrected chi connectivity index (χ4v) is 2.38. The Balaban J connectivity index is 1.64.